The van der Waals surface area contributed by atoms with Crippen LogP contribution in [0.5, 0.6) is 0 Å². The first-order valence-electron chi connectivity index (χ1n) is 3.18. The molecule has 0 spiro atoms. The highest BCUT2D eigenvalue weighted by molar-refractivity contribution is 5.91. The number of hydrogen-bond donors (Lipinski definition) is 2. The molecular formula is C6H12Cl2N4O. The molecule has 0 aromatic carbocycles. The van der Waals surface area contributed by atoms with Crippen LogP contribution in [-0.4, -0.2) is 15.7 Å². The Morgan fingerprint density at radius 1 is 1.62 bits per heavy atom. The van der Waals surface area contributed by atoms with Crippen molar-refractivity contribution < 1.29 is 4.79 Å². The summed E-state index contributed by atoms with van der Waals surface area (Å²) in [7, 11) is 1.65. The first-order valence-corrected chi connectivity index (χ1v) is 3.18. The van der Waals surface area contributed by atoms with Crippen molar-refractivity contribution in [1.29, 1.82) is 0 Å². The van der Waals surface area contributed by atoms with Crippen molar-refractivity contribution in [3.8, 4) is 0 Å². The summed E-state index contributed by atoms with van der Waals surface area (Å²) in [6, 6.07) is 1.59. The van der Waals surface area contributed by atoms with E-state index in [1.807, 2.05) is 0 Å². The van der Waals surface area contributed by atoms with E-state index >= 15 is 0 Å². The van der Waals surface area contributed by atoms with Gasteiger partial charge in [-0.2, -0.15) is 5.10 Å². The predicted molar refractivity (Wildman–Crippen MR) is 54.1 cm³/mol. The fourth-order valence-corrected chi connectivity index (χ4v) is 0.857. The number of nitrogens with two attached hydrogens (primary N) is 2. The van der Waals surface area contributed by atoms with Gasteiger partial charge in [-0.1, -0.05) is 0 Å². The summed E-state index contributed by atoms with van der Waals surface area (Å²) in [4.78, 5) is 10.7. The first-order chi connectivity index (χ1) is 5.15. The van der Waals surface area contributed by atoms with Crippen LogP contribution in [0.25, 0.3) is 0 Å². The highest BCUT2D eigenvalue weighted by Crippen LogP contribution is 2.00. The second-order valence-electron chi connectivity index (χ2n) is 2.21. The lowest BCUT2D eigenvalue weighted by Crippen LogP contribution is -2.15. The molecular weight excluding hydrogens is 215 g/mol. The van der Waals surface area contributed by atoms with Crippen molar-refractivity contribution in [2.45, 2.75) is 6.54 Å². The molecule has 76 valence electrons. The van der Waals surface area contributed by atoms with Gasteiger partial charge in [0, 0.05) is 13.6 Å². The van der Waals surface area contributed by atoms with Crippen LogP contribution in [-0.2, 0) is 13.6 Å². The van der Waals surface area contributed by atoms with Gasteiger partial charge in [0.25, 0.3) is 5.91 Å². The van der Waals surface area contributed by atoms with Crippen molar-refractivity contribution in [3.05, 3.63) is 17.5 Å². The van der Waals surface area contributed by atoms with Gasteiger partial charge in [0.05, 0.1) is 5.69 Å². The van der Waals surface area contributed by atoms with Crippen LogP contribution in [0.15, 0.2) is 6.07 Å². The molecule has 0 unspecified atom stereocenters. The van der Waals surface area contributed by atoms with E-state index in [9.17, 15) is 4.79 Å². The minimum absolute atomic E-state index is 0. The summed E-state index contributed by atoms with van der Waals surface area (Å²) in [5, 5.41) is 3.94. The van der Waals surface area contributed by atoms with E-state index in [1.165, 1.54) is 4.68 Å². The topological polar surface area (TPSA) is 86.9 Å². The summed E-state index contributed by atoms with van der Waals surface area (Å²) in [6.07, 6.45) is 0. The minimum Gasteiger partial charge on any atom is -0.364 e. The standard InChI is InChI=1S/C6H10N4O.2ClH/c1-10-5(6(8)11)2-4(3-7)9-10;;/h2H,3,7H2,1H3,(H2,8,11);2*1H. The van der Waals surface area contributed by atoms with Crippen molar-refractivity contribution in [2.24, 2.45) is 18.5 Å². The van der Waals surface area contributed by atoms with Crippen molar-refractivity contribution >= 4 is 30.7 Å². The first kappa shape index (κ1) is 14.7. The number of halogens is 2. The van der Waals surface area contributed by atoms with E-state index < -0.39 is 5.91 Å². The largest absolute Gasteiger partial charge is 0.364 e. The molecule has 0 aliphatic rings. The van der Waals surface area contributed by atoms with Crippen LogP contribution in [0.1, 0.15) is 16.2 Å². The third-order valence-corrected chi connectivity index (χ3v) is 1.39. The van der Waals surface area contributed by atoms with Crippen LogP contribution in [0.4, 0.5) is 0 Å². The average Bonchev–Trinajstić information content (AvgIpc) is 2.30. The Hall–Kier alpha value is -0.780. The summed E-state index contributed by atoms with van der Waals surface area (Å²) < 4.78 is 1.42. The zero-order valence-corrected chi connectivity index (χ0v) is 8.69. The van der Waals surface area contributed by atoms with Crippen molar-refractivity contribution in [1.82, 2.24) is 9.78 Å². The zero-order chi connectivity index (χ0) is 8.43. The van der Waals surface area contributed by atoms with Crippen molar-refractivity contribution in [2.75, 3.05) is 0 Å². The maximum Gasteiger partial charge on any atom is 0.266 e. The quantitative estimate of drug-likeness (QED) is 0.734. The number of rotatable bonds is 2. The molecule has 0 aliphatic heterocycles. The SMILES string of the molecule is Cl.Cl.Cn1nc(CN)cc1C(N)=O. The van der Waals surface area contributed by atoms with E-state index in [1.54, 1.807) is 13.1 Å². The maximum absolute atomic E-state index is 10.7. The molecule has 5 nitrogen and oxygen atoms in total. The normalized spacial score (nSPS) is 8.46. The Balaban J connectivity index is 0. The zero-order valence-electron chi connectivity index (χ0n) is 7.06. The molecule has 0 fully saturated rings. The summed E-state index contributed by atoms with van der Waals surface area (Å²) in [6.45, 7) is 0.321. The lowest BCUT2D eigenvalue weighted by atomic mass is 10.3. The van der Waals surface area contributed by atoms with Gasteiger partial charge in [-0.05, 0) is 6.07 Å². The monoisotopic (exact) mass is 226 g/mol. The maximum atomic E-state index is 10.7. The molecule has 1 rings (SSSR count). The number of primary amides is 1. The molecule has 13 heavy (non-hydrogen) atoms. The second-order valence-corrected chi connectivity index (χ2v) is 2.21. The van der Waals surface area contributed by atoms with E-state index in [-0.39, 0.29) is 24.8 Å². The molecule has 1 amide bonds. The Morgan fingerprint density at radius 3 is 2.38 bits per heavy atom. The van der Waals surface area contributed by atoms with Crippen molar-refractivity contribution in [3.63, 3.8) is 0 Å². The lowest BCUT2D eigenvalue weighted by Gasteiger charge is -1.92. The van der Waals surface area contributed by atoms with Gasteiger partial charge in [-0.15, -0.1) is 24.8 Å². The second kappa shape index (κ2) is 5.80. The van der Waals surface area contributed by atoms with E-state index in [0.29, 0.717) is 17.9 Å². The molecule has 1 aromatic heterocycles. The number of amides is 1. The predicted octanol–water partition coefficient (Wildman–Crippen LogP) is -0.179. The highest BCUT2D eigenvalue weighted by atomic mass is 35.5. The molecule has 0 atom stereocenters. The molecule has 0 aliphatic carbocycles. The molecule has 1 heterocycles. The van der Waals surface area contributed by atoms with Crippen LogP contribution < -0.4 is 11.5 Å². The van der Waals surface area contributed by atoms with Gasteiger partial charge in [0.15, 0.2) is 0 Å². The van der Waals surface area contributed by atoms with Gasteiger partial charge in [0.2, 0.25) is 0 Å². The number of carbonyl (C=O) groups excluding carboxylic acids is 1. The third-order valence-electron chi connectivity index (χ3n) is 1.39. The average molecular weight is 227 g/mol. The molecule has 7 heteroatoms. The van der Waals surface area contributed by atoms with Crippen LogP contribution in [0, 0.1) is 0 Å². The number of hydrogen-bond acceptors (Lipinski definition) is 3. The van der Waals surface area contributed by atoms with Crippen LogP contribution in [0.2, 0.25) is 0 Å². The highest BCUT2D eigenvalue weighted by Gasteiger charge is 2.07. The smallest absolute Gasteiger partial charge is 0.266 e. The number of nitrogens with zero attached hydrogens (tertiary/aromatic N) is 2. The van der Waals surface area contributed by atoms with Gasteiger partial charge in [-0.25, -0.2) is 0 Å². The van der Waals surface area contributed by atoms with Gasteiger partial charge >= 0.3 is 0 Å². The lowest BCUT2D eigenvalue weighted by molar-refractivity contribution is 0.0991. The van der Waals surface area contributed by atoms with E-state index in [0.717, 1.165) is 0 Å². The van der Waals surface area contributed by atoms with E-state index in [4.69, 9.17) is 11.5 Å². The Kier molecular flexibility index (Phi) is 6.57. The molecule has 0 saturated heterocycles. The minimum atomic E-state index is -0.486. The van der Waals surface area contributed by atoms with Gasteiger partial charge in [0.1, 0.15) is 5.69 Å². The number of aryl methyl sites for hydroxylation is 1. The summed E-state index contributed by atoms with van der Waals surface area (Å²) >= 11 is 0. The third kappa shape index (κ3) is 3.22. The fraction of sp³-hybridized carbons (Fsp3) is 0.333. The summed E-state index contributed by atoms with van der Waals surface area (Å²) in [5.41, 5.74) is 11.4. The molecule has 4 N–H and O–H groups in total. The van der Waals surface area contributed by atoms with Crippen LogP contribution >= 0.6 is 24.8 Å². The molecule has 1 aromatic rings. The molecule has 0 saturated carbocycles. The molecule has 0 bridgehead atoms. The van der Waals surface area contributed by atoms with Gasteiger partial charge in [-0.3, -0.25) is 9.48 Å². The summed E-state index contributed by atoms with van der Waals surface area (Å²) in [5.74, 6) is -0.486. The molecule has 0 radical (unpaired) electrons. The van der Waals surface area contributed by atoms with E-state index in [2.05, 4.69) is 5.10 Å². The van der Waals surface area contributed by atoms with Gasteiger partial charge < -0.3 is 11.5 Å². The number of carbonyl (C=O) groups is 1. The number of aromatic nitrogens is 2. The Labute approximate surface area is 88.3 Å². The van der Waals surface area contributed by atoms with Crippen LogP contribution in [0.3, 0.4) is 0 Å². The Morgan fingerprint density at radius 2 is 2.15 bits per heavy atom. The Bertz CT molecular complexity index is 286. The fourth-order valence-electron chi connectivity index (χ4n) is 0.857.